The van der Waals surface area contributed by atoms with E-state index in [9.17, 15) is 14.4 Å². The molecular formula is C16H20N2O5S. The molecule has 1 aromatic rings. The number of hydrogen-bond donors (Lipinski definition) is 2. The van der Waals surface area contributed by atoms with Gasteiger partial charge in [-0.2, -0.15) is 0 Å². The molecule has 1 rings (SSSR count). The second-order valence-electron chi connectivity index (χ2n) is 5.38. The predicted molar refractivity (Wildman–Crippen MR) is 92.9 cm³/mol. The molecule has 0 radical (unpaired) electrons. The smallest absolute Gasteiger partial charge is 0.337 e. The third kappa shape index (κ3) is 5.96. The first-order chi connectivity index (χ1) is 11.3. The van der Waals surface area contributed by atoms with Gasteiger partial charge < -0.3 is 20.1 Å². The number of carbonyl (C=O) groups is 3. The normalized spacial score (nSPS) is 10.0. The van der Waals surface area contributed by atoms with Gasteiger partial charge in [-0.15, -0.1) is 0 Å². The Labute approximate surface area is 145 Å². The van der Waals surface area contributed by atoms with Crippen molar-refractivity contribution in [3.05, 3.63) is 29.3 Å². The van der Waals surface area contributed by atoms with Crippen LogP contribution in [0.4, 0.5) is 5.69 Å². The zero-order valence-electron chi connectivity index (χ0n) is 14.0. The van der Waals surface area contributed by atoms with Crippen molar-refractivity contribution in [3.8, 4) is 0 Å². The summed E-state index contributed by atoms with van der Waals surface area (Å²) in [5, 5.41) is 5.37. The lowest BCUT2D eigenvalue weighted by Crippen LogP contribution is -2.34. The summed E-state index contributed by atoms with van der Waals surface area (Å²) in [5.74, 6) is -1.25. The zero-order valence-corrected chi connectivity index (χ0v) is 14.8. The summed E-state index contributed by atoms with van der Waals surface area (Å²) in [6, 6.07) is 4.27. The summed E-state index contributed by atoms with van der Waals surface area (Å²) in [5.41, 5.74) is 0.659. The van der Waals surface area contributed by atoms with E-state index in [1.165, 1.54) is 32.4 Å². The number of rotatable bonds is 5. The average molecular weight is 352 g/mol. The molecule has 0 aliphatic heterocycles. The Bertz CT molecular complexity index is 624. The standard InChI is InChI=1S/C16H20N2O5S/c1-9(2)5-13(19)18-16(24)17-12-7-10(14(20)22-3)6-11(8-12)15(21)23-4/h6-9H,5H2,1-4H3,(H2,17,18,19,24). The van der Waals surface area contributed by atoms with Gasteiger partial charge in [0.2, 0.25) is 5.91 Å². The van der Waals surface area contributed by atoms with Crippen molar-refractivity contribution < 1.29 is 23.9 Å². The molecule has 0 aliphatic rings. The summed E-state index contributed by atoms with van der Waals surface area (Å²) in [4.78, 5) is 35.1. The molecule has 0 saturated heterocycles. The average Bonchev–Trinajstić information content (AvgIpc) is 2.51. The third-order valence-electron chi connectivity index (χ3n) is 2.88. The Morgan fingerprint density at radius 1 is 1.04 bits per heavy atom. The maximum atomic E-state index is 11.7. The molecule has 0 aromatic heterocycles. The lowest BCUT2D eigenvalue weighted by Gasteiger charge is -2.12. The van der Waals surface area contributed by atoms with Gasteiger partial charge in [0.05, 0.1) is 25.3 Å². The number of anilines is 1. The number of esters is 2. The molecule has 0 aliphatic carbocycles. The Hall–Kier alpha value is -2.48. The quantitative estimate of drug-likeness (QED) is 0.619. The molecule has 0 spiro atoms. The fourth-order valence-electron chi connectivity index (χ4n) is 1.88. The van der Waals surface area contributed by atoms with Gasteiger partial charge in [0.1, 0.15) is 0 Å². The van der Waals surface area contributed by atoms with Gasteiger partial charge in [-0.05, 0) is 36.3 Å². The molecule has 0 bridgehead atoms. The van der Waals surface area contributed by atoms with E-state index in [1.54, 1.807) is 0 Å². The second-order valence-corrected chi connectivity index (χ2v) is 5.79. The number of hydrogen-bond acceptors (Lipinski definition) is 6. The Kier molecular flexibility index (Phi) is 7.31. The first-order valence-electron chi connectivity index (χ1n) is 7.19. The van der Waals surface area contributed by atoms with Crippen LogP contribution in [0, 0.1) is 5.92 Å². The number of carbonyl (C=O) groups excluding carboxylic acids is 3. The molecule has 0 unspecified atom stereocenters. The van der Waals surface area contributed by atoms with Gasteiger partial charge in [0.15, 0.2) is 5.11 Å². The van der Waals surface area contributed by atoms with Gasteiger partial charge in [-0.1, -0.05) is 13.8 Å². The van der Waals surface area contributed by atoms with Crippen LogP contribution >= 0.6 is 12.2 Å². The largest absolute Gasteiger partial charge is 0.465 e. The minimum absolute atomic E-state index is 0.0680. The van der Waals surface area contributed by atoms with Crippen molar-refractivity contribution in [2.45, 2.75) is 20.3 Å². The lowest BCUT2D eigenvalue weighted by atomic mass is 10.1. The molecule has 7 nitrogen and oxygen atoms in total. The Balaban J connectivity index is 2.97. The van der Waals surface area contributed by atoms with E-state index in [-0.39, 0.29) is 28.1 Å². The van der Waals surface area contributed by atoms with Crippen LogP contribution in [0.2, 0.25) is 0 Å². The second kappa shape index (κ2) is 8.97. The van der Waals surface area contributed by atoms with Crippen LogP contribution in [0.3, 0.4) is 0 Å². The van der Waals surface area contributed by atoms with Crippen molar-refractivity contribution in [2.75, 3.05) is 19.5 Å². The van der Waals surface area contributed by atoms with Gasteiger partial charge in [-0.25, -0.2) is 9.59 Å². The van der Waals surface area contributed by atoms with E-state index < -0.39 is 11.9 Å². The highest BCUT2D eigenvalue weighted by Gasteiger charge is 2.15. The van der Waals surface area contributed by atoms with Crippen LogP contribution < -0.4 is 10.6 Å². The summed E-state index contributed by atoms with van der Waals surface area (Å²) >= 11 is 5.06. The predicted octanol–water partition coefficient (Wildman–Crippen LogP) is 2.12. The van der Waals surface area contributed by atoms with Crippen LogP contribution in [0.25, 0.3) is 0 Å². The van der Waals surface area contributed by atoms with E-state index in [1.807, 2.05) is 13.8 Å². The molecule has 0 saturated carbocycles. The van der Waals surface area contributed by atoms with Crippen molar-refractivity contribution in [2.24, 2.45) is 5.92 Å². The molecule has 8 heteroatoms. The summed E-state index contributed by atoms with van der Waals surface area (Å²) < 4.78 is 9.30. The van der Waals surface area contributed by atoms with E-state index in [0.29, 0.717) is 12.1 Å². The van der Waals surface area contributed by atoms with Crippen LogP contribution in [0.1, 0.15) is 41.0 Å². The van der Waals surface area contributed by atoms with Gasteiger partial charge in [0.25, 0.3) is 0 Å². The highest BCUT2D eigenvalue weighted by molar-refractivity contribution is 7.80. The number of nitrogens with one attached hydrogen (secondary N) is 2. The van der Waals surface area contributed by atoms with Crippen molar-refractivity contribution in [3.63, 3.8) is 0 Å². The van der Waals surface area contributed by atoms with Gasteiger partial charge >= 0.3 is 11.9 Å². The van der Waals surface area contributed by atoms with Crippen molar-refractivity contribution in [1.82, 2.24) is 5.32 Å². The highest BCUT2D eigenvalue weighted by atomic mass is 32.1. The van der Waals surface area contributed by atoms with Crippen molar-refractivity contribution >= 4 is 40.9 Å². The fourth-order valence-corrected chi connectivity index (χ4v) is 2.11. The molecule has 2 N–H and O–H groups in total. The first kappa shape index (κ1) is 19.6. The molecule has 0 atom stereocenters. The Morgan fingerprint density at radius 2 is 1.54 bits per heavy atom. The van der Waals surface area contributed by atoms with E-state index >= 15 is 0 Å². The van der Waals surface area contributed by atoms with E-state index in [0.717, 1.165) is 0 Å². The topological polar surface area (TPSA) is 93.7 Å². The molecule has 1 aromatic carbocycles. The number of thiocarbonyl (C=S) groups is 1. The summed E-state index contributed by atoms with van der Waals surface area (Å²) in [7, 11) is 2.47. The minimum atomic E-state index is -0.612. The highest BCUT2D eigenvalue weighted by Crippen LogP contribution is 2.17. The molecular weight excluding hydrogens is 332 g/mol. The van der Waals surface area contributed by atoms with E-state index in [4.69, 9.17) is 12.2 Å². The molecule has 0 fully saturated rings. The minimum Gasteiger partial charge on any atom is -0.465 e. The monoisotopic (exact) mass is 352 g/mol. The van der Waals surface area contributed by atoms with Crippen LogP contribution in [-0.4, -0.2) is 37.2 Å². The maximum absolute atomic E-state index is 11.7. The lowest BCUT2D eigenvalue weighted by molar-refractivity contribution is -0.120. The fraction of sp³-hybridized carbons (Fsp3) is 0.375. The molecule has 1 amide bonds. The summed E-state index contributed by atoms with van der Waals surface area (Å²) in [6.45, 7) is 3.83. The maximum Gasteiger partial charge on any atom is 0.337 e. The number of methoxy groups -OCH3 is 2. The van der Waals surface area contributed by atoms with Crippen molar-refractivity contribution in [1.29, 1.82) is 0 Å². The van der Waals surface area contributed by atoms with Gasteiger partial charge in [0, 0.05) is 12.1 Å². The number of benzene rings is 1. The number of amides is 1. The third-order valence-corrected chi connectivity index (χ3v) is 3.08. The number of ether oxygens (including phenoxy) is 2. The molecule has 130 valence electrons. The van der Waals surface area contributed by atoms with Crippen LogP contribution in [-0.2, 0) is 14.3 Å². The van der Waals surface area contributed by atoms with Gasteiger partial charge in [-0.3, -0.25) is 4.79 Å². The SMILES string of the molecule is COC(=O)c1cc(NC(=S)NC(=O)CC(C)C)cc(C(=O)OC)c1. The molecule has 0 heterocycles. The first-order valence-corrected chi connectivity index (χ1v) is 7.60. The van der Waals surface area contributed by atoms with Crippen LogP contribution in [0.5, 0.6) is 0 Å². The molecule has 24 heavy (non-hydrogen) atoms. The zero-order chi connectivity index (χ0) is 18.3. The van der Waals surface area contributed by atoms with Crippen LogP contribution in [0.15, 0.2) is 18.2 Å². The Morgan fingerprint density at radius 3 is 1.96 bits per heavy atom. The summed E-state index contributed by atoms with van der Waals surface area (Å²) in [6.07, 6.45) is 0.331. The van der Waals surface area contributed by atoms with E-state index in [2.05, 4.69) is 20.1 Å².